The van der Waals surface area contributed by atoms with Gasteiger partial charge in [-0.2, -0.15) is 5.10 Å². The number of H-pyrrole nitrogens is 2. The maximum absolute atomic E-state index is 12.3. The molecule has 8 nitrogen and oxygen atoms in total. The first-order valence-electron chi connectivity index (χ1n) is 10.1. The van der Waals surface area contributed by atoms with Gasteiger partial charge in [-0.1, -0.05) is 12.1 Å². The maximum Gasteiger partial charge on any atom is 0.327 e. The Hall–Kier alpha value is -2.87. The van der Waals surface area contributed by atoms with Crippen LogP contribution in [0.15, 0.2) is 27.8 Å². The predicted molar refractivity (Wildman–Crippen MR) is 110 cm³/mol. The van der Waals surface area contributed by atoms with Crippen molar-refractivity contribution in [1.29, 1.82) is 0 Å². The minimum atomic E-state index is -0.506. The molecule has 3 N–H and O–H groups in total. The van der Waals surface area contributed by atoms with Gasteiger partial charge >= 0.3 is 5.69 Å². The van der Waals surface area contributed by atoms with Crippen molar-refractivity contribution in [1.82, 2.24) is 25.1 Å². The average molecular weight is 395 g/mol. The molecule has 2 aromatic heterocycles. The molecular weight excluding hydrogens is 370 g/mol. The summed E-state index contributed by atoms with van der Waals surface area (Å²) in [6, 6.07) is 6.76. The van der Waals surface area contributed by atoms with Crippen LogP contribution < -0.4 is 21.3 Å². The first-order chi connectivity index (χ1) is 14.1. The molecule has 0 spiro atoms. The summed E-state index contributed by atoms with van der Waals surface area (Å²) >= 11 is 0. The summed E-state index contributed by atoms with van der Waals surface area (Å²) in [5.74, 6) is 2.07. The zero-order chi connectivity index (χ0) is 20.1. The summed E-state index contributed by atoms with van der Waals surface area (Å²) in [5, 5.41) is 8.69. The van der Waals surface area contributed by atoms with Crippen molar-refractivity contribution in [3.63, 3.8) is 0 Å². The van der Waals surface area contributed by atoms with Gasteiger partial charge in [-0.05, 0) is 48.8 Å². The van der Waals surface area contributed by atoms with Crippen LogP contribution in [-0.2, 0) is 19.9 Å². The van der Waals surface area contributed by atoms with E-state index >= 15 is 0 Å². The fourth-order valence-corrected chi connectivity index (χ4v) is 5.35. The van der Waals surface area contributed by atoms with Crippen LogP contribution in [0.1, 0.15) is 35.6 Å². The van der Waals surface area contributed by atoms with Crippen molar-refractivity contribution >= 4 is 11.0 Å². The van der Waals surface area contributed by atoms with Crippen LogP contribution in [0, 0.1) is 5.92 Å². The molecule has 3 heterocycles. The van der Waals surface area contributed by atoms with Crippen molar-refractivity contribution in [3.05, 3.63) is 55.9 Å². The van der Waals surface area contributed by atoms with Gasteiger partial charge in [0.15, 0.2) is 0 Å². The van der Waals surface area contributed by atoms with Crippen LogP contribution in [-0.4, -0.2) is 39.4 Å². The predicted octanol–water partition coefficient (Wildman–Crippen LogP) is 1.21. The Bertz CT molecular complexity index is 1190. The van der Waals surface area contributed by atoms with Crippen LogP contribution in [0.4, 0.5) is 0 Å². The third kappa shape index (κ3) is 2.90. The van der Waals surface area contributed by atoms with Crippen LogP contribution in [0.5, 0.6) is 5.75 Å². The van der Waals surface area contributed by atoms with Crippen molar-refractivity contribution < 1.29 is 4.74 Å². The molecule has 1 fully saturated rings. The fraction of sp³-hybridized carbons (Fsp3) is 0.476. The summed E-state index contributed by atoms with van der Waals surface area (Å²) in [4.78, 5) is 28.9. The molecule has 0 saturated carbocycles. The van der Waals surface area contributed by atoms with Gasteiger partial charge < -0.3 is 10.1 Å². The summed E-state index contributed by atoms with van der Waals surface area (Å²) in [5.41, 5.74) is 3.10. The molecule has 0 bridgehead atoms. The topological polar surface area (TPSA) is 105 Å². The molecule has 3 atom stereocenters. The number of benzene rings is 1. The molecule has 152 valence electrons. The van der Waals surface area contributed by atoms with E-state index < -0.39 is 5.69 Å². The van der Waals surface area contributed by atoms with Gasteiger partial charge in [0.1, 0.15) is 16.8 Å². The SMILES string of the molecule is COc1cccc2c1CC[C@H]1C(CCc3nn(C)c4[nH]c(=O)[nH]c(=O)c34)NC[C@@H]21. The Morgan fingerprint density at radius 3 is 2.97 bits per heavy atom. The lowest BCUT2D eigenvalue weighted by Gasteiger charge is -2.31. The van der Waals surface area contributed by atoms with Crippen molar-refractivity contribution in [2.45, 2.75) is 37.6 Å². The second kappa shape index (κ2) is 6.88. The second-order valence-electron chi connectivity index (χ2n) is 8.09. The molecule has 3 aromatic rings. The van der Waals surface area contributed by atoms with Gasteiger partial charge in [0.25, 0.3) is 5.56 Å². The van der Waals surface area contributed by atoms with E-state index in [1.807, 2.05) is 6.07 Å². The standard InChI is InChI=1S/C21H25N5O3/c1-26-19-18(20(27)24-21(28)23-19)16(25-26)9-8-15-12-6-7-13-11(14(12)10-22-15)4-3-5-17(13)29-2/h3-5,12,14-15,22H,6-10H2,1-2H3,(H2,23,24,27,28)/t12-,14+,15?/m1/s1. The number of hydrogen-bond acceptors (Lipinski definition) is 5. The molecule has 8 heteroatoms. The average Bonchev–Trinajstić information content (AvgIpc) is 3.27. The van der Waals surface area contributed by atoms with Gasteiger partial charge in [-0.25, -0.2) is 4.79 Å². The van der Waals surface area contributed by atoms with E-state index in [2.05, 4.69) is 32.5 Å². The number of methoxy groups -OCH3 is 1. The lowest BCUT2D eigenvalue weighted by atomic mass is 9.73. The number of nitrogens with zero attached hydrogens (tertiary/aromatic N) is 2. The molecule has 1 aromatic carbocycles. The Kier molecular flexibility index (Phi) is 4.31. The highest BCUT2D eigenvalue weighted by Crippen LogP contribution is 2.44. The number of aromatic nitrogens is 4. The summed E-state index contributed by atoms with van der Waals surface area (Å²) < 4.78 is 7.15. The normalized spacial score (nSPS) is 23.2. The molecule has 29 heavy (non-hydrogen) atoms. The zero-order valence-corrected chi connectivity index (χ0v) is 16.6. The van der Waals surface area contributed by atoms with Crippen molar-refractivity contribution in [3.8, 4) is 5.75 Å². The monoisotopic (exact) mass is 395 g/mol. The Balaban J connectivity index is 1.38. The van der Waals surface area contributed by atoms with Crippen LogP contribution in [0.2, 0.25) is 0 Å². The highest BCUT2D eigenvalue weighted by atomic mass is 16.5. The summed E-state index contributed by atoms with van der Waals surface area (Å²) in [6.45, 7) is 0.965. The van der Waals surface area contributed by atoms with Crippen LogP contribution >= 0.6 is 0 Å². The molecule has 5 rings (SSSR count). The molecule has 0 amide bonds. The quantitative estimate of drug-likeness (QED) is 0.616. The summed E-state index contributed by atoms with van der Waals surface area (Å²) in [7, 11) is 3.49. The van der Waals surface area contributed by atoms with Crippen LogP contribution in [0.25, 0.3) is 11.0 Å². The lowest BCUT2D eigenvalue weighted by Crippen LogP contribution is -2.30. The minimum absolute atomic E-state index is 0.372. The number of hydrogen-bond donors (Lipinski definition) is 3. The third-order valence-corrected chi connectivity index (χ3v) is 6.65. The molecule has 1 aliphatic carbocycles. The van der Waals surface area contributed by atoms with Gasteiger partial charge in [-0.15, -0.1) is 0 Å². The number of fused-ring (bicyclic) bond motifs is 4. The molecule has 1 saturated heterocycles. The number of aryl methyl sites for hydroxylation is 2. The van der Waals surface area contributed by atoms with E-state index in [-0.39, 0.29) is 5.56 Å². The number of nitrogens with one attached hydrogen (secondary N) is 3. The zero-order valence-electron chi connectivity index (χ0n) is 16.6. The van der Waals surface area contributed by atoms with Gasteiger partial charge in [0.05, 0.1) is 12.8 Å². The molecule has 2 aliphatic rings. The molecule has 1 aliphatic heterocycles. The van der Waals surface area contributed by atoms with Gasteiger partial charge in [-0.3, -0.25) is 19.4 Å². The number of aromatic amines is 2. The minimum Gasteiger partial charge on any atom is -0.496 e. The summed E-state index contributed by atoms with van der Waals surface area (Å²) in [6.07, 6.45) is 3.77. The third-order valence-electron chi connectivity index (χ3n) is 6.65. The highest BCUT2D eigenvalue weighted by Gasteiger charge is 2.40. The first kappa shape index (κ1) is 18.2. The number of ether oxygens (including phenoxy) is 1. The Labute approximate surface area is 167 Å². The number of rotatable bonds is 4. The van der Waals surface area contributed by atoms with Crippen molar-refractivity contribution in [2.75, 3.05) is 13.7 Å². The Morgan fingerprint density at radius 1 is 1.28 bits per heavy atom. The largest absolute Gasteiger partial charge is 0.496 e. The van der Waals surface area contributed by atoms with E-state index in [0.29, 0.717) is 35.3 Å². The first-order valence-corrected chi connectivity index (χ1v) is 10.1. The molecule has 1 unspecified atom stereocenters. The maximum atomic E-state index is 12.3. The van der Waals surface area contributed by atoms with Crippen molar-refractivity contribution in [2.24, 2.45) is 13.0 Å². The lowest BCUT2D eigenvalue weighted by molar-refractivity contribution is 0.349. The van der Waals surface area contributed by atoms with E-state index in [4.69, 9.17) is 4.74 Å². The highest BCUT2D eigenvalue weighted by molar-refractivity contribution is 5.76. The van der Waals surface area contributed by atoms with Gasteiger partial charge in [0.2, 0.25) is 0 Å². The second-order valence-corrected chi connectivity index (χ2v) is 8.09. The molecular formula is C21H25N5O3. The fourth-order valence-electron chi connectivity index (χ4n) is 5.35. The van der Waals surface area contributed by atoms with E-state index in [0.717, 1.165) is 37.3 Å². The Morgan fingerprint density at radius 2 is 2.14 bits per heavy atom. The van der Waals surface area contributed by atoms with Crippen LogP contribution in [0.3, 0.4) is 0 Å². The molecule has 0 radical (unpaired) electrons. The smallest absolute Gasteiger partial charge is 0.327 e. The van der Waals surface area contributed by atoms with E-state index in [9.17, 15) is 9.59 Å². The van der Waals surface area contributed by atoms with E-state index in [1.54, 1.807) is 18.8 Å². The van der Waals surface area contributed by atoms with Gasteiger partial charge in [0, 0.05) is 25.6 Å². The van der Waals surface area contributed by atoms with E-state index in [1.165, 1.54) is 11.1 Å².